The molecule has 0 atom stereocenters. The van der Waals surface area contributed by atoms with Crippen LogP contribution >= 0.6 is 0 Å². The fraction of sp³-hybridized carbons (Fsp3) is 0.354. The second-order valence-corrected chi connectivity index (χ2v) is 13.6. The van der Waals surface area contributed by atoms with Gasteiger partial charge in [-0.2, -0.15) is 0 Å². The molecular weight excluding hydrogens is 711 g/mol. The Balaban J connectivity index is 0.00000174. The van der Waals surface area contributed by atoms with Gasteiger partial charge in [0.25, 0.3) is 0 Å². The summed E-state index contributed by atoms with van der Waals surface area (Å²) >= 11 is 0. The average Bonchev–Trinajstić information content (AvgIpc) is 3.25. The molecule has 2 aromatic heterocycles. The summed E-state index contributed by atoms with van der Waals surface area (Å²) in [5, 5.41) is 4.87. The van der Waals surface area contributed by atoms with Gasteiger partial charge < -0.3 is 15.0 Å². The summed E-state index contributed by atoms with van der Waals surface area (Å²) in [6.45, 7) is 17.5. The van der Waals surface area contributed by atoms with Crippen LogP contribution in [-0.2, 0) is 27.3 Å². The topological polar surface area (TPSA) is 105 Å². The van der Waals surface area contributed by atoms with E-state index in [1.54, 1.807) is 0 Å². The van der Waals surface area contributed by atoms with Crippen molar-refractivity contribution in [1.29, 1.82) is 0 Å². The first kappa shape index (κ1) is 44.0. The molecule has 6 rings (SSSR count). The Labute approximate surface area is 339 Å². The number of aromatic nitrogens is 2. The number of nitrogens with zero attached hydrogens (tertiary/aromatic N) is 4. The molecule has 1 aliphatic heterocycles. The second kappa shape index (κ2) is 22.8. The van der Waals surface area contributed by atoms with Crippen LogP contribution < -0.4 is 10.1 Å². The number of ether oxygens (including phenoxy) is 1. The number of carbonyl (C=O) groups is 3. The fourth-order valence-electron chi connectivity index (χ4n) is 6.81. The molecule has 0 saturated carbocycles. The van der Waals surface area contributed by atoms with Crippen LogP contribution in [0.3, 0.4) is 0 Å². The van der Waals surface area contributed by atoms with E-state index in [9.17, 15) is 14.4 Å². The van der Waals surface area contributed by atoms with Crippen LogP contribution in [0.25, 0.3) is 27.5 Å². The van der Waals surface area contributed by atoms with Gasteiger partial charge in [0.05, 0.1) is 13.2 Å². The molecule has 57 heavy (non-hydrogen) atoms. The normalized spacial score (nSPS) is 12.8. The number of pyridine rings is 2. The van der Waals surface area contributed by atoms with Gasteiger partial charge in [-0.3, -0.25) is 29.3 Å². The van der Waals surface area contributed by atoms with E-state index in [1.807, 2.05) is 76.4 Å². The van der Waals surface area contributed by atoms with Gasteiger partial charge in [0.2, 0.25) is 11.8 Å². The molecule has 0 aliphatic carbocycles. The number of amides is 2. The third-order valence-corrected chi connectivity index (χ3v) is 9.78. The standard InChI is InChI=1S/C44H47N5O4.2C2H6/c1-4-37(40-28-45-19-16-31(40)2)39-13-10-34(30-48-21-23-49(24-22-48)44(52)15-14-43(51)47-27-32(3)50)26-42(39)53-25-18-33-8-11-36(12-9-33)38-7-5-6-35-17-20-46-29-41(35)38;2*1-2/h4-13,16-17,19-20,26,28-29H,14-15,18,21-25,27,30H2,1-3H3,(H,47,51);2*1-2H3/b37-4-;;. The van der Waals surface area contributed by atoms with Crippen LogP contribution in [-0.4, -0.2) is 76.7 Å². The average molecular weight is 770 g/mol. The number of rotatable bonds is 14. The summed E-state index contributed by atoms with van der Waals surface area (Å²) in [5.41, 5.74) is 8.98. The molecule has 0 bridgehead atoms. The Kier molecular flexibility index (Phi) is 17.6. The second-order valence-electron chi connectivity index (χ2n) is 13.6. The highest BCUT2D eigenvalue weighted by atomic mass is 16.5. The molecule has 1 saturated heterocycles. The predicted molar refractivity (Wildman–Crippen MR) is 232 cm³/mol. The number of fused-ring (bicyclic) bond motifs is 1. The molecule has 9 nitrogen and oxygen atoms in total. The van der Waals surface area contributed by atoms with E-state index in [1.165, 1.54) is 23.4 Å². The number of ketones is 1. The summed E-state index contributed by atoms with van der Waals surface area (Å²) in [7, 11) is 0. The third kappa shape index (κ3) is 12.4. The van der Waals surface area contributed by atoms with E-state index in [4.69, 9.17) is 4.74 Å². The molecule has 300 valence electrons. The van der Waals surface area contributed by atoms with E-state index >= 15 is 0 Å². The van der Waals surface area contributed by atoms with Crippen molar-refractivity contribution in [3.8, 4) is 16.9 Å². The number of allylic oxidation sites excluding steroid dienone is 1. The van der Waals surface area contributed by atoms with E-state index in [2.05, 4.69) is 93.8 Å². The highest BCUT2D eigenvalue weighted by molar-refractivity contribution is 5.96. The van der Waals surface area contributed by atoms with Crippen molar-refractivity contribution in [3.63, 3.8) is 0 Å². The molecule has 0 spiro atoms. The first-order valence-corrected chi connectivity index (χ1v) is 20.3. The highest BCUT2D eigenvalue weighted by Gasteiger charge is 2.22. The van der Waals surface area contributed by atoms with Gasteiger partial charge in [0.1, 0.15) is 11.5 Å². The number of hydrogen-bond donors (Lipinski definition) is 1. The molecule has 2 amide bonds. The summed E-state index contributed by atoms with van der Waals surface area (Å²) in [6, 6.07) is 25.6. The zero-order valence-corrected chi connectivity index (χ0v) is 34.8. The van der Waals surface area contributed by atoms with Crippen molar-refractivity contribution < 1.29 is 19.1 Å². The van der Waals surface area contributed by atoms with Crippen LogP contribution in [0.4, 0.5) is 0 Å². The monoisotopic (exact) mass is 769 g/mol. The third-order valence-electron chi connectivity index (χ3n) is 9.78. The van der Waals surface area contributed by atoms with Crippen LogP contribution in [0.5, 0.6) is 5.75 Å². The molecule has 5 aromatic rings. The molecule has 0 unspecified atom stereocenters. The zero-order chi connectivity index (χ0) is 41.2. The van der Waals surface area contributed by atoms with Gasteiger partial charge in [-0.25, -0.2) is 0 Å². The number of benzene rings is 3. The number of hydrogen-bond acceptors (Lipinski definition) is 7. The van der Waals surface area contributed by atoms with Crippen molar-refractivity contribution in [1.82, 2.24) is 25.1 Å². The first-order chi connectivity index (χ1) is 27.8. The molecule has 0 radical (unpaired) electrons. The Morgan fingerprint density at radius 2 is 1.51 bits per heavy atom. The number of aryl methyl sites for hydroxylation is 1. The Morgan fingerprint density at radius 3 is 2.21 bits per heavy atom. The van der Waals surface area contributed by atoms with Crippen molar-refractivity contribution >= 4 is 33.9 Å². The van der Waals surface area contributed by atoms with Crippen molar-refractivity contribution in [2.45, 2.75) is 74.3 Å². The maximum Gasteiger partial charge on any atom is 0.223 e. The lowest BCUT2D eigenvalue weighted by Gasteiger charge is -2.35. The zero-order valence-electron chi connectivity index (χ0n) is 34.8. The summed E-state index contributed by atoms with van der Waals surface area (Å²) < 4.78 is 6.62. The summed E-state index contributed by atoms with van der Waals surface area (Å²) in [4.78, 5) is 48.8. The number of carbonyl (C=O) groups excluding carboxylic acids is 3. The van der Waals surface area contributed by atoms with Gasteiger partial charge in [-0.15, -0.1) is 0 Å². The smallest absolute Gasteiger partial charge is 0.223 e. The number of nitrogens with one attached hydrogen (secondary N) is 1. The molecule has 1 fully saturated rings. The fourth-order valence-corrected chi connectivity index (χ4v) is 6.81. The van der Waals surface area contributed by atoms with Crippen LogP contribution in [0.1, 0.15) is 82.2 Å². The molecule has 1 N–H and O–H groups in total. The minimum Gasteiger partial charge on any atom is -0.493 e. The highest BCUT2D eigenvalue weighted by Crippen LogP contribution is 2.34. The molecule has 9 heteroatoms. The van der Waals surface area contributed by atoms with Crippen molar-refractivity contribution in [3.05, 3.63) is 131 Å². The maximum absolute atomic E-state index is 12.8. The Hall–Kier alpha value is -5.67. The largest absolute Gasteiger partial charge is 0.493 e. The van der Waals surface area contributed by atoms with Gasteiger partial charge in [-0.05, 0) is 77.7 Å². The van der Waals surface area contributed by atoms with Gasteiger partial charge in [0.15, 0.2) is 0 Å². The number of piperazine rings is 1. The Bertz CT molecular complexity index is 2100. The lowest BCUT2D eigenvalue weighted by molar-refractivity contribution is -0.135. The quantitative estimate of drug-likeness (QED) is 0.120. The lowest BCUT2D eigenvalue weighted by Crippen LogP contribution is -2.48. The van der Waals surface area contributed by atoms with Gasteiger partial charge in [0, 0.05) is 93.3 Å². The Morgan fingerprint density at radius 1 is 0.807 bits per heavy atom. The molecular formula is C48H59N5O4. The minimum atomic E-state index is -0.277. The van der Waals surface area contributed by atoms with Crippen LogP contribution in [0.2, 0.25) is 0 Å². The first-order valence-electron chi connectivity index (χ1n) is 20.3. The van der Waals surface area contributed by atoms with E-state index in [-0.39, 0.29) is 37.0 Å². The summed E-state index contributed by atoms with van der Waals surface area (Å²) in [6.07, 6.45) is 10.6. The van der Waals surface area contributed by atoms with E-state index < -0.39 is 0 Å². The van der Waals surface area contributed by atoms with Crippen molar-refractivity contribution in [2.24, 2.45) is 0 Å². The van der Waals surface area contributed by atoms with E-state index in [0.29, 0.717) is 19.7 Å². The lowest BCUT2D eigenvalue weighted by atomic mass is 9.94. The predicted octanol–water partition coefficient (Wildman–Crippen LogP) is 8.86. The summed E-state index contributed by atoms with van der Waals surface area (Å²) in [5.74, 6) is 0.405. The van der Waals surface area contributed by atoms with Crippen molar-refractivity contribution in [2.75, 3.05) is 39.3 Å². The SMILES string of the molecule is C/C=C(\c1cnccc1C)c1ccc(CN2CCN(C(=O)CCC(=O)NCC(C)=O)CC2)cc1OCCc1ccc(-c2cccc3ccncc23)cc1.CC.CC. The van der Waals surface area contributed by atoms with Crippen LogP contribution in [0, 0.1) is 6.92 Å². The van der Waals surface area contributed by atoms with Gasteiger partial charge >= 0.3 is 0 Å². The maximum atomic E-state index is 12.8. The van der Waals surface area contributed by atoms with E-state index in [0.717, 1.165) is 70.6 Å². The van der Waals surface area contributed by atoms with Crippen LogP contribution in [0.15, 0.2) is 104 Å². The minimum absolute atomic E-state index is 0.00205. The molecule has 3 heterocycles. The van der Waals surface area contributed by atoms with Gasteiger partial charge in [-0.1, -0.05) is 88.4 Å². The molecule has 3 aromatic carbocycles. The number of Topliss-reactive ketones (excluding diaryl/α,β-unsaturated/α-hetero) is 1. The molecule has 1 aliphatic rings.